The summed E-state index contributed by atoms with van der Waals surface area (Å²) in [5.41, 5.74) is 0. The summed E-state index contributed by atoms with van der Waals surface area (Å²) in [6, 6.07) is 0. The number of fused-ring (bicyclic) bond motifs is 1. The highest BCUT2D eigenvalue weighted by Gasteiger charge is 2.12. The van der Waals surface area contributed by atoms with Gasteiger partial charge in [0.2, 0.25) is 0 Å². The Balaban J connectivity index is 2.45. The lowest BCUT2D eigenvalue weighted by atomic mass is 10.5. The Morgan fingerprint density at radius 3 is 3.40 bits per heavy atom. The molecular weight excluding hydrogens is 212 g/mol. The van der Waals surface area contributed by atoms with Crippen LogP contribution in [-0.4, -0.2) is 15.5 Å². The van der Waals surface area contributed by atoms with Gasteiger partial charge in [-0.25, -0.2) is 0 Å². The van der Waals surface area contributed by atoms with Crippen LogP contribution in [0.25, 0.3) is 0 Å². The van der Waals surface area contributed by atoms with Gasteiger partial charge >= 0.3 is 0 Å². The lowest BCUT2D eigenvalue weighted by molar-refractivity contribution is 0.547. The Labute approximate surface area is 72.1 Å². The second-order valence-electron chi connectivity index (χ2n) is 2.22. The Kier molecular flexibility index (Phi) is 1.74. The lowest BCUT2D eigenvalue weighted by Gasteiger charge is -2.12. The molecule has 10 heavy (non-hydrogen) atoms. The largest absolute Gasteiger partial charge is 0.258 e. The highest BCUT2D eigenvalue weighted by atomic mass is 79.9. The van der Waals surface area contributed by atoms with Gasteiger partial charge < -0.3 is 0 Å². The van der Waals surface area contributed by atoms with Gasteiger partial charge in [-0.1, -0.05) is 0 Å². The van der Waals surface area contributed by atoms with Crippen LogP contribution in [0.2, 0.25) is 0 Å². The predicted octanol–water partition coefficient (Wildman–Crippen LogP) is 2.14. The molecule has 0 aromatic carbocycles. The molecule has 2 rings (SSSR count). The first-order valence-electron chi connectivity index (χ1n) is 3.22. The summed E-state index contributed by atoms with van der Waals surface area (Å²) in [4.78, 5) is 0. The van der Waals surface area contributed by atoms with Crippen LogP contribution in [0.4, 0.5) is 0 Å². The molecule has 0 atom stereocenters. The molecule has 0 saturated carbocycles. The third-order valence-corrected chi connectivity index (χ3v) is 3.54. The standard InChI is InChI=1S/C6H7BrN2S/c7-5-4-8-9-2-1-3-10-6(5)9/h4H,1-3H2. The van der Waals surface area contributed by atoms with Crippen molar-refractivity contribution in [2.45, 2.75) is 18.0 Å². The average Bonchev–Trinajstić information content (AvgIpc) is 2.34. The molecule has 0 radical (unpaired) electrons. The Hall–Kier alpha value is 0.0400. The van der Waals surface area contributed by atoms with Gasteiger partial charge in [-0.05, 0) is 22.4 Å². The van der Waals surface area contributed by atoms with Gasteiger partial charge in [0.05, 0.1) is 10.7 Å². The van der Waals surface area contributed by atoms with Crippen LogP contribution in [0.15, 0.2) is 15.7 Å². The second kappa shape index (κ2) is 2.58. The Bertz CT molecular complexity index is 246. The zero-order valence-electron chi connectivity index (χ0n) is 5.38. The van der Waals surface area contributed by atoms with Crippen LogP contribution in [0.5, 0.6) is 0 Å². The van der Waals surface area contributed by atoms with Crippen LogP contribution < -0.4 is 0 Å². The van der Waals surface area contributed by atoms with Crippen LogP contribution in [0.3, 0.4) is 0 Å². The summed E-state index contributed by atoms with van der Waals surface area (Å²) in [6.07, 6.45) is 3.11. The van der Waals surface area contributed by atoms with Gasteiger partial charge in [-0.3, -0.25) is 4.68 Å². The molecule has 0 N–H and O–H groups in total. The van der Waals surface area contributed by atoms with Crippen LogP contribution in [0, 0.1) is 0 Å². The zero-order chi connectivity index (χ0) is 6.97. The van der Waals surface area contributed by atoms with Crippen molar-refractivity contribution in [1.82, 2.24) is 9.78 Å². The lowest BCUT2D eigenvalue weighted by Crippen LogP contribution is -2.07. The van der Waals surface area contributed by atoms with Gasteiger partial charge in [0.15, 0.2) is 0 Å². The van der Waals surface area contributed by atoms with E-state index in [4.69, 9.17) is 0 Å². The van der Waals surface area contributed by atoms with Crippen molar-refractivity contribution in [2.75, 3.05) is 5.75 Å². The maximum atomic E-state index is 4.21. The molecule has 0 spiro atoms. The minimum atomic E-state index is 1.08. The van der Waals surface area contributed by atoms with Crippen molar-refractivity contribution in [1.29, 1.82) is 0 Å². The Morgan fingerprint density at radius 2 is 2.60 bits per heavy atom. The molecule has 0 bridgehead atoms. The number of nitrogens with zero attached hydrogens (tertiary/aromatic N) is 2. The summed E-state index contributed by atoms with van der Waals surface area (Å²) in [5.74, 6) is 1.23. The number of hydrogen-bond donors (Lipinski definition) is 0. The number of aromatic nitrogens is 2. The first-order valence-corrected chi connectivity index (χ1v) is 5.00. The summed E-state index contributed by atoms with van der Waals surface area (Å²) in [6.45, 7) is 1.08. The maximum Gasteiger partial charge on any atom is 0.108 e. The van der Waals surface area contributed by atoms with Crippen LogP contribution in [0.1, 0.15) is 6.42 Å². The minimum Gasteiger partial charge on any atom is -0.258 e. The summed E-state index contributed by atoms with van der Waals surface area (Å²) in [7, 11) is 0. The fraction of sp³-hybridized carbons (Fsp3) is 0.500. The quantitative estimate of drug-likeness (QED) is 0.665. The van der Waals surface area contributed by atoms with Gasteiger partial charge in [-0.2, -0.15) is 5.10 Å². The first kappa shape index (κ1) is 6.73. The molecule has 2 nitrogen and oxygen atoms in total. The molecule has 1 aromatic rings. The van der Waals surface area contributed by atoms with E-state index in [1.54, 1.807) is 0 Å². The topological polar surface area (TPSA) is 17.8 Å². The highest BCUT2D eigenvalue weighted by Crippen LogP contribution is 2.30. The third kappa shape index (κ3) is 0.992. The fourth-order valence-electron chi connectivity index (χ4n) is 1.04. The third-order valence-electron chi connectivity index (χ3n) is 1.50. The first-order chi connectivity index (χ1) is 4.88. The maximum absolute atomic E-state index is 4.21. The van der Waals surface area contributed by atoms with Crippen molar-refractivity contribution in [3.63, 3.8) is 0 Å². The van der Waals surface area contributed by atoms with Crippen molar-refractivity contribution in [3.05, 3.63) is 10.7 Å². The molecular formula is C6H7BrN2S. The van der Waals surface area contributed by atoms with Crippen LogP contribution in [-0.2, 0) is 6.54 Å². The molecule has 0 fully saturated rings. The number of thioether (sulfide) groups is 1. The van der Waals surface area contributed by atoms with Gasteiger partial charge in [0, 0.05) is 12.3 Å². The van der Waals surface area contributed by atoms with Gasteiger partial charge in [0.25, 0.3) is 0 Å². The Morgan fingerprint density at radius 1 is 1.70 bits per heavy atom. The fourth-order valence-corrected chi connectivity index (χ4v) is 2.62. The predicted molar refractivity (Wildman–Crippen MR) is 45.3 cm³/mol. The smallest absolute Gasteiger partial charge is 0.108 e. The average molecular weight is 219 g/mol. The monoisotopic (exact) mass is 218 g/mol. The second-order valence-corrected chi connectivity index (χ2v) is 4.16. The van der Waals surface area contributed by atoms with E-state index in [1.807, 2.05) is 18.0 Å². The van der Waals surface area contributed by atoms with Crippen molar-refractivity contribution >= 4 is 27.7 Å². The number of hydrogen-bond acceptors (Lipinski definition) is 2. The normalized spacial score (nSPS) is 16.9. The van der Waals surface area contributed by atoms with Crippen molar-refractivity contribution in [3.8, 4) is 0 Å². The molecule has 1 aliphatic heterocycles. The number of halogens is 1. The molecule has 0 aliphatic carbocycles. The van der Waals surface area contributed by atoms with E-state index < -0.39 is 0 Å². The zero-order valence-corrected chi connectivity index (χ0v) is 7.78. The van der Waals surface area contributed by atoms with E-state index in [2.05, 4.69) is 25.7 Å². The van der Waals surface area contributed by atoms with Gasteiger partial charge in [0.1, 0.15) is 5.03 Å². The molecule has 4 heteroatoms. The minimum absolute atomic E-state index is 1.08. The molecule has 54 valence electrons. The number of rotatable bonds is 0. The van der Waals surface area contributed by atoms with Crippen molar-refractivity contribution < 1.29 is 0 Å². The van der Waals surface area contributed by atoms with E-state index in [9.17, 15) is 0 Å². The number of aryl methyl sites for hydroxylation is 1. The molecule has 0 amide bonds. The van der Waals surface area contributed by atoms with Gasteiger partial charge in [-0.15, -0.1) is 11.8 Å². The van der Waals surface area contributed by atoms with E-state index in [0.717, 1.165) is 11.0 Å². The van der Waals surface area contributed by atoms with E-state index in [0.29, 0.717) is 0 Å². The van der Waals surface area contributed by atoms with Crippen molar-refractivity contribution in [2.24, 2.45) is 0 Å². The van der Waals surface area contributed by atoms with E-state index in [1.165, 1.54) is 17.2 Å². The molecule has 1 aliphatic rings. The summed E-state index contributed by atoms with van der Waals surface area (Å²) >= 11 is 5.32. The van der Waals surface area contributed by atoms with E-state index >= 15 is 0 Å². The van der Waals surface area contributed by atoms with Crippen LogP contribution >= 0.6 is 27.7 Å². The molecule has 2 heterocycles. The highest BCUT2D eigenvalue weighted by molar-refractivity contribution is 9.10. The SMILES string of the molecule is Brc1cnn2c1SCCC2. The summed E-state index contributed by atoms with van der Waals surface area (Å²) < 4.78 is 3.19. The molecule has 0 unspecified atom stereocenters. The van der Waals surface area contributed by atoms with E-state index in [-0.39, 0.29) is 0 Å². The molecule has 0 saturated heterocycles. The summed E-state index contributed by atoms with van der Waals surface area (Å²) in [5, 5.41) is 5.49. The molecule has 1 aromatic heterocycles.